The molecule has 4 saturated carbocycles. The van der Waals surface area contributed by atoms with Crippen LogP contribution in [-0.2, 0) is 4.79 Å². The molecule has 0 aromatic heterocycles. The van der Waals surface area contributed by atoms with E-state index in [1.807, 2.05) is 0 Å². The van der Waals surface area contributed by atoms with Gasteiger partial charge in [0, 0.05) is 5.54 Å². The van der Waals surface area contributed by atoms with Gasteiger partial charge in [0.1, 0.15) is 0 Å². The molecule has 0 saturated heterocycles. The molecule has 0 radical (unpaired) electrons. The zero-order valence-electron chi connectivity index (χ0n) is 12.4. The van der Waals surface area contributed by atoms with Crippen LogP contribution >= 0.6 is 0 Å². The van der Waals surface area contributed by atoms with Crippen LogP contribution in [-0.4, -0.2) is 38.6 Å². The topological polar surface area (TPSA) is 98.0 Å². The van der Waals surface area contributed by atoms with E-state index in [0.29, 0.717) is 18.8 Å². The van der Waals surface area contributed by atoms with Crippen molar-refractivity contribution in [3.8, 4) is 0 Å². The van der Waals surface area contributed by atoms with Gasteiger partial charge in [0.15, 0.2) is 4.29 Å². The maximum Gasteiger partial charge on any atom is 0.496 e. The van der Waals surface area contributed by atoms with Crippen LogP contribution in [0.2, 0.25) is 5.54 Å². The smallest absolute Gasteiger partial charge is 0.481 e. The Morgan fingerprint density at radius 2 is 1.76 bits per heavy atom. The fourth-order valence-corrected chi connectivity index (χ4v) is 6.53. The van der Waals surface area contributed by atoms with E-state index >= 15 is 0 Å². The van der Waals surface area contributed by atoms with Crippen LogP contribution in [0.25, 0.3) is 0 Å². The Hall–Kier alpha value is -0.433. The van der Waals surface area contributed by atoms with Crippen LogP contribution in [0.3, 0.4) is 0 Å². The van der Waals surface area contributed by atoms with Crippen LogP contribution < -0.4 is 0 Å². The molecule has 0 heterocycles. The molecule has 0 aromatic rings. The standard InChI is InChI=1S/C11H18O5Si/c12-10(13)11-3-6-1-7(4-11)9(17(14,15)16)8(2-6)5-11/h6-9,14-16H,1-5H2,(H,12,13)/i14T,15T,16T. The Morgan fingerprint density at radius 1 is 1.18 bits per heavy atom. The molecule has 0 aromatic carbocycles. The van der Waals surface area contributed by atoms with Crippen molar-refractivity contribution < 1.29 is 24.3 Å². The molecule has 4 aliphatic rings. The highest BCUT2D eigenvalue weighted by Crippen LogP contribution is 2.65. The summed E-state index contributed by atoms with van der Waals surface area (Å²) in [5.74, 6) is -0.322. The Morgan fingerprint density at radius 3 is 2.24 bits per heavy atom. The Balaban J connectivity index is 1.93. The molecule has 96 valence electrons. The maximum absolute atomic E-state index is 11.6. The molecular weight excluding hydrogens is 240 g/mol. The summed E-state index contributed by atoms with van der Waals surface area (Å²) < 4.78 is 21.5. The van der Waals surface area contributed by atoms with Crippen molar-refractivity contribution in [2.45, 2.75) is 37.6 Å². The van der Waals surface area contributed by atoms with Crippen LogP contribution in [0.15, 0.2) is 0 Å². The van der Waals surface area contributed by atoms with Crippen molar-refractivity contribution in [1.29, 1.82) is 4.29 Å². The second-order valence-electron chi connectivity index (χ2n) is 6.18. The summed E-state index contributed by atoms with van der Waals surface area (Å²) in [6.45, 7) is 0. The molecule has 4 bridgehead atoms. The summed E-state index contributed by atoms with van der Waals surface area (Å²) in [6, 6.07) is 0. The van der Waals surface area contributed by atoms with Gasteiger partial charge in [-0.25, -0.2) is 0 Å². The second-order valence-corrected chi connectivity index (χ2v) is 8.06. The fourth-order valence-electron chi connectivity index (χ4n) is 4.86. The molecule has 4 rings (SSSR count). The molecule has 2 unspecified atom stereocenters. The Bertz CT molecular complexity index is 395. The normalized spacial score (nSPS) is 50.7. The zero-order chi connectivity index (χ0) is 14.5. The lowest BCUT2D eigenvalue weighted by Crippen LogP contribution is -2.59. The lowest BCUT2D eigenvalue weighted by Gasteiger charge is -2.58. The SMILES string of the molecule is [3H]O[Si](O[3H])(O[3H])C1C2CC3CC1CC(C(=O)O)(C3)C2. The van der Waals surface area contributed by atoms with E-state index < -0.39 is 20.2 Å². The van der Waals surface area contributed by atoms with Crippen molar-refractivity contribution in [2.24, 2.45) is 23.2 Å². The molecule has 4 aliphatic carbocycles. The monoisotopic (exact) mass is 264 g/mol. The molecule has 2 atom stereocenters. The molecule has 4 fully saturated rings. The van der Waals surface area contributed by atoms with E-state index in [0.717, 1.165) is 19.3 Å². The second kappa shape index (κ2) is 3.31. The summed E-state index contributed by atoms with van der Waals surface area (Å²) in [4.78, 5) is 25.4. The van der Waals surface area contributed by atoms with E-state index in [4.69, 9.17) is 4.29 Å². The van der Waals surface area contributed by atoms with Gasteiger partial charge < -0.3 is 19.5 Å². The first-order valence-corrected chi connectivity index (χ1v) is 7.97. The Labute approximate surface area is 105 Å². The van der Waals surface area contributed by atoms with Crippen molar-refractivity contribution in [2.75, 3.05) is 0 Å². The van der Waals surface area contributed by atoms with E-state index in [9.17, 15) is 9.90 Å². The van der Waals surface area contributed by atoms with E-state index in [1.54, 1.807) is 0 Å². The first-order chi connectivity index (χ1) is 9.50. The molecule has 4 N–H and O–H groups in total. The predicted molar refractivity (Wildman–Crippen MR) is 59.8 cm³/mol. The van der Waals surface area contributed by atoms with Gasteiger partial charge in [-0.3, -0.25) is 4.79 Å². The quantitative estimate of drug-likeness (QED) is 0.531. The zero-order valence-corrected chi connectivity index (χ0v) is 10.4. The summed E-state index contributed by atoms with van der Waals surface area (Å²) in [5.41, 5.74) is -0.960. The molecule has 6 heteroatoms. The third-order valence-electron chi connectivity index (χ3n) is 5.14. The largest absolute Gasteiger partial charge is 0.496 e. The van der Waals surface area contributed by atoms with Gasteiger partial charge in [0.25, 0.3) is 0 Å². The minimum absolute atomic E-state index is 0.0186. The average Bonchev–Trinajstić information content (AvgIpc) is 2.42. The summed E-state index contributed by atoms with van der Waals surface area (Å²) in [5, 5.41) is 9.55. The van der Waals surface area contributed by atoms with Crippen LogP contribution in [0, 0.1) is 23.2 Å². The van der Waals surface area contributed by atoms with Crippen molar-refractivity contribution >= 4 is 14.8 Å². The minimum atomic E-state index is -3.68. The first-order valence-electron chi connectivity index (χ1n) is 7.39. The summed E-state index contributed by atoms with van der Waals surface area (Å²) >= 11 is 0. The molecular formula is C11H18O5Si. The number of aliphatic carboxylic acids is 1. The number of carboxylic acid groups (broad SMARTS) is 1. The van der Waals surface area contributed by atoms with E-state index in [1.165, 1.54) is 0 Å². The highest BCUT2D eigenvalue weighted by atomic mass is 28.4. The van der Waals surface area contributed by atoms with Crippen LogP contribution in [0.1, 0.15) is 32.1 Å². The van der Waals surface area contributed by atoms with E-state index in [-0.39, 0.29) is 17.4 Å². The average molecular weight is 264 g/mol. The third-order valence-corrected chi connectivity index (χ3v) is 6.89. The van der Waals surface area contributed by atoms with Gasteiger partial charge in [-0.05, 0) is 49.9 Å². The highest BCUT2D eigenvalue weighted by molar-refractivity contribution is 6.58. The number of hydrogen-bond acceptors (Lipinski definition) is 4. The van der Waals surface area contributed by atoms with Gasteiger partial charge >= 0.3 is 14.8 Å². The first kappa shape index (κ1) is 8.63. The lowest BCUT2D eigenvalue weighted by molar-refractivity contribution is -0.166. The molecule has 0 aliphatic heterocycles. The van der Waals surface area contributed by atoms with Crippen molar-refractivity contribution in [3.05, 3.63) is 0 Å². The van der Waals surface area contributed by atoms with Gasteiger partial charge in [-0.1, -0.05) is 0 Å². The minimum Gasteiger partial charge on any atom is -0.481 e. The molecule has 17 heavy (non-hydrogen) atoms. The lowest BCUT2D eigenvalue weighted by atomic mass is 9.49. The molecule has 0 spiro atoms. The van der Waals surface area contributed by atoms with Crippen molar-refractivity contribution in [1.82, 2.24) is 0 Å². The Kier molecular flexibility index (Phi) is 1.68. The number of carboxylic acids is 1. The highest BCUT2D eigenvalue weighted by Gasteiger charge is 2.64. The summed E-state index contributed by atoms with van der Waals surface area (Å²) in [7, 11) is -3.68. The third kappa shape index (κ3) is 1.58. The fraction of sp³-hybridized carbons (Fsp3) is 0.909. The van der Waals surface area contributed by atoms with Gasteiger partial charge in [0.2, 0.25) is 0 Å². The van der Waals surface area contributed by atoms with Gasteiger partial charge in [0.05, 0.1) is 5.41 Å². The number of rotatable bonds is 5. The number of hydrogen-bond donors (Lipinski definition) is 4. The van der Waals surface area contributed by atoms with Crippen molar-refractivity contribution in [3.63, 3.8) is 0 Å². The maximum atomic E-state index is 11.6. The van der Waals surface area contributed by atoms with E-state index in [2.05, 4.69) is 14.4 Å². The summed E-state index contributed by atoms with van der Waals surface area (Å²) in [6.07, 6.45) is 3.49. The van der Waals surface area contributed by atoms with Gasteiger partial charge in [-0.2, -0.15) is 0 Å². The molecule has 5 nitrogen and oxygen atoms in total. The molecule has 0 amide bonds. The predicted octanol–water partition coefficient (Wildman–Crippen LogP) is 0.183. The number of carbonyl (C=O) groups is 1. The van der Waals surface area contributed by atoms with Gasteiger partial charge in [-0.15, -0.1) is 0 Å². The van der Waals surface area contributed by atoms with Crippen LogP contribution in [0.4, 0.5) is 0 Å². The van der Waals surface area contributed by atoms with Crippen LogP contribution in [0.5, 0.6) is 0 Å².